The molecule has 0 saturated heterocycles. The van der Waals surface area contributed by atoms with Crippen LogP contribution in [0.2, 0.25) is 0 Å². The van der Waals surface area contributed by atoms with Crippen LogP contribution in [0.5, 0.6) is 0 Å². The number of nitrogens with zero attached hydrogens (tertiary/aromatic N) is 1. The second-order valence-electron chi connectivity index (χ2n) is 5.77. The number of carbonyl (C=O) groups is 1. The molecule has 26 heavy (non-hydrogen) atoms. The summed E-state index contributed by atoms with van der Waals surface area (Å²) in [5, 5.41) is 11.0. The summed E-state index contributed by atoms with van der Waals surface area (Å²) in [6, 6.07) is 6.73. The molecule has 0 spiro atoms. The molecular formula is C17H18N2O6S. The van der Waals surface area contributed by atoms with E-state index in [0.29, 0.717) is 16.7 Å². The average Bonchev–Trinajstić information content (AvgIpc) is 2.57. The molecule has 2 aromatic rings. The number of hydrogen-bond acceptors (Lipinski definition) is 6. The number of non-ortho nitro benzene ring substituents is 1. The summed E-state index contributed by atoms with van der Waals surface area (Å²) in [5.74, 6) is -0.535. The maximum absolute atomic E-state index is 12.8. The number of nitrogens with one attached hydrogen (secondary N) is 1. The van der Waals surface area contributed by atoms with Gasteiger partial charge in [0.05, 0.1) is 28.2 Å². The molecule has 1 N–H and O–H groups in total. The molecule has 0 aliphatic carbocycles. The summed E-state index contributed by atoms with van der Waals surface area (Å²) >= 11 is 0. The van der Waals surface area contributed by atoms with Crippen LogP contribution in [0.25, 0.3) is 0 Å². The van der Waals surface area contributed by atoms with Crippen LogP contribution in [0.1, 0.15) is 27.0 Å². The Morgan fingerprint density at radius 2 is 1.77 bits per heavy atom. The first kappa shape index (κ1) is 19.4. The highest BCUT2D eigenvalue weighted by atomic mass is 32.2. The van der Waals surface area contributed by atoms with Gasteiger partial charge in [-0.25, -0.2) is 13.2 Å². The highest BCUT2D eigenvalue weighted by Crippen LogP contribution is 2.28. The van der Waals surface area contributed by atoms with Gasteiger partial charge < -0.3 is 4.74 Å². The second kappa shape index (κ2) is 7.12. The van der Waals surface area contributed by atoms with Crippen LogP contribution >= 0.6 is 0 Å². The van der Waals surface area contributed by atoms with E-state index in [4.69, 9.17) is 0 Å². The number of nitro benzene ring substituents is 1. The van der Waals surface area contributed by atoms with Crippen LogP contribution in [-0.2, 0) is 14.8 Å². The van der Waals surface area contributed by atoms with Crippen LogP contribution in [0, 0.1) is 30.9 Å². The molecule has 0 atom stereocenters. The van der Waals surface area contributed by atoms with Crippen molar-refractivity contribution in [2.75, 3.05) is 11.8 Å². The third-order valence-corrected chi connectivity index (χ3v) is 5.49. The van der Waals surface area contributed by atoms with E-state index in [1.807, 2.05) is 0 Å². The molecule has 0 aromatic heterocycles. The Balaban J connectivity index is 2.47. The lowest BCUT2D eigenvalue weighted by molar-refractivity contribution is -0.385. The van der Waals surface area contributed by atoms with E-state index in [0.717, 1.165) is 6.07 Å². The maximum Gasteiger partial charge on any atom is 0.337 e. The van der Waals surface area contributed by atoms with E-state index in [9.17, 15) is 23.3 Å². The van der Waals surface area contributed by atoms with Crippen LogP contribution in [0.3, 0.4) is 0 Å². The molecule has 0 radical (unpaired) electrons. The lowest BCUT2D eigenvalue weighted by atomic mass is 10.1. The van der Waals surface area contributed by atoms with Gasteiger partial charge in [0.15, 0.2) is 0 Å². The fraction of sp³-hybridized carbons (Fsp3) is 0.235. The van der Waals surface area contributed by atoms with Gasteiger partial charge >= 0.3 is 5.97 Å². The van der Waals surface area contributed by atoms with Crippen molar-refractivity contribution in [1.82, 2.24) is 0 Å². The first-order chi connectivity index (χ1) is 12.1. The van der Waals surface area contributed by atoms with Crippen molar-refractivity contribution in [3.05, 3.63) is 62.7 Å². The minimum Gasteiger partial charge on any atom is -0.465 e. The van der Waals surface area contributed by atoms with Gasteiger partial charge in [0.1, 0.15) is 0 Å². The Kier molecular flexibility index (Phi) is 5.31. The van der Waals surface area contributed by atoms with Gasteiger partial charge in [0.2, 0.25) is 0 Å². The van der Waals surface area contributed by atoms with E-state index >= 15 is 0 Å². The minimum atomic E-state index is -4.05. The fourth-order valence-corrected chi connectivity index (χ4v) is 3.88. The minimum absolute atomic E-state index is 0.166. The fourth-order valence-electron chi connectivity index (χ4n) is 2.42. The van der Waals surface area contributed by atoms with Gasteiger partial charge in [-0.2, -0.15) is 0 Å². The smallest absolute Gasteiger partial charge is 0.337 e. The third-order valence-electron chi connectivity index (χ3n) is 4.00. The van der Waals surface area contributed by atoms with Crippen molar-refractivity contribution in [2.24, 2.45) is 0 Å². The molecule has 2 rings (SSSR count). The molecule has 0 heterocycles. The molecule has 0 unspecified atom stereocenters. The van der Waals surface area contributed by atoms with Gasteiger partial charge in [0.25, 0.3) is 15.7 Å². The summed E-state index contributed by atoms with van der Waals surface area (Å²) in [6.45, 7) is 4.83. The largest absolute Gasteiger partial charge is 0.465 e. The lowest BCUT2D eigenvalue weighted by Crippen LogP contribution is -2.16. The van der Waals surface area contributed by atoms with Crippen molar-refractivity contribution in [3.8, 4) is 0 Å². The number of anilines is 1. The number of carbonyl (C=O) groups excluding carboxylic acids is 1. The van der Waals surface area contributed by atoms with Crippen molar-refractivity contribution in [3.63, 3.8) is 0 Å². The number of benzene rings is 2. The summed E-state index contributed by atoms with van der Waals surface area (Å²) in [6.07, 6.45) is 0. The Morgan fingerprint density at radius 3 is 2.31 bits per heavy atom. The van der Waals surface area contributed by atoms with Gasteiger partial charge in [-0.15, -0.1) is 0 Å². The predicted molar refractivity (Wildman–Crippen MR) is 95.9 cm³/mol. The number of sulfonamides is 1. The first-order valence-electron chi connectivity index (χ1n) is 7.54. The number of rotatable bonds is 5. The number of ether oxygens (including phenoxy) is 1. The maximum atomic E-state index is 12.8. The molecule has 2 aromatic carbocycles. The quantitative estimate of drug-likeness (QED) is 0.485. The molecular weight excluding hydrogens is 360 g/mol. The average molecular weight is 378 g/mol. The zero-order valence-electron chi connectivity index (χ0n) is 14.7. The SMILES string of the molecule is COC(=O)c1ccc(NS(=O)(=O)c2cc([N+](=O)[O-])cc(C)c2C)c(C)c1. The summed E-state index contributed by atoms with van der Waals surface area (Å²) in [5.41, 5.74) is 1.68. The molecule has 9 heteroatoms. The number of aryl methyl sites for hydroxylation is 2. The first-order valence-corrected chi connectivity index (χ1v) is 9.02. The van der Waals surface area contributed by atoms with E-state index < -0.39 is 20.9 Å². The van der Waals surface area contributed by atoms with Crippen LogP contribution in [-0.4, -0.2) is 26.4 Å². The lowest BCUT2D eigenvalue weighted by Gasteiger charge is -2.14. The van der Waals surface area contributed by atoms with Gasteiger partial charge in [-0.1, -0.05) is 0 Å². The monoisotopic (exact) mass is 378 g/mol. The van der Waals surface area contributed by atoms with Gasteiger partial charge in [-0.05, 0) is 55.7 Å². The van der Waals surface area contributed by atoms with Gasteiger partial charge in [0, 0.05) is 12.1 Å². The van der Waals surface area contributed by atoms with Gasteiger partial charge in [-0.3, -0.25) is 14.8 Å². The van der Waals surface area contributed by atoms with Crippen LogP contribution < -0.4 is 4.72 Å². The molecule has 0 saturated carbocycles. The third kappa shape index (κ3) is 3.83. The number of nitro groups is 1. The Bertz CT molecular complexity index is 999. The number of esters is 1. The normalized spacial score (nSPS) is 11.1. The summed E-state index contributed by atoms with van der Waals surface area (Å²) in [4.78, 5) is 21.8. The highest BCUT2D eigenvalue weighted by molar-refractivity contribution is 7.92. The standard InChI is InChI=1S/C17H18N2O6S/c1-10-8-14(19(21)22)9-16(12(10)3)26(23,24)18-15-6-5-13(7-11(15)2)17(20)25-4/h5-9,18H,1-4H3. The van der Waals surface area contributed by atoms with Crippen LogP contribution in [0.4, 0.5) is 11.4 Å². The second-order valence-corrected chi connectivity index (χ2v) is 7.42. The van der Waals surface area contributed by atoms with Crippen LogP contribution in [0.15, 0.2) is 35.2 Å². The summed E-state index contributed by atoms with van der Waals surface area (Å²) < 4.78 is 32.5. The zero-order chi connectivity index (χ0) is 19.6. The van der Waals surface area contributed by atoms with Crippen molar-refractivity contribution >= 4 is 27.4 Å². The Labute approximate surface area is 151 Å². The van der Waals surface area contributed by atoms with E-state index in [1.54, 1.807) is 20.8 Å². The number of methoxy groups -OCH3 is 1. The Hall–Kier alpha value is -2.94. The molecule has 0 aliphatic rings. The van der Waals surface area contributed by atoms with Crippen molar-refractivity contribution in [2.45, 2.75) is 25.7 Å². The van der Waals surface area contributed by atoms with E-state index in [-0.39, 0.29) is 21.8 Å². The van der Waals surface area contributed by atoms with E-state index in [1.165, 1.54) is 31.4 Å². The molecule has 0 bridgehead atoms. The Morgan fingerprint density at radius 1 is 1.12 bits per heavy atom. The summed E-state index contributed by atoms with van der Waals surface area (Å²) in [7, 11) is -2.80. The molecule has 0 aliphatic heterocycles. The van der Waals surface area contributed by atoms with Crippen molar-refractivity contribution in [1.29, 1.82) is 0 Å². The zero-order valence-corrected chi connectivity index (χ0v) is 15.5. The van der Waals surface area contributed by atoms with Crippen molar-refractivity contribution < 1.29 is 22.9 Å². The molecule has 138 valence electrons. The molecule has 8 nitrogen and oxygen atoms in total. The highest BCUT2D eigenvalue weighted by Gasteiger charge is 2.23. The topological polar surface area (TPSA) is 116 Å². The molecule has 0 amide bonds. The molecule has 0 fully saturated rings. The number of hydrogen-bond donors (Lipinski definition) is 1. The predicted octanol–water partition coefficient (Wildman–Crippen LogP) is 3.11. The van der Waals surface area contributed by atoms with E-state index in [2.05, 4.69) is 9.46 Å².